The van der Waals surface area contributed by atoms with E-state index in [1.807, 2.05) is 6.08 Å². The van der Waals surface area contributed by atoms with Gasteiger partial charge in [0.1, 0.15) is 0 Å². The van der Waals surface area contributed by atoms with Crippen molar-refractivity contribution in [1.82, 2.24) is 0 Å². The highest BCUT2D eigenvalue weighted by Crippen LogP contribution is 2.30. The first-order chi connectivity index (χ1) is 8.72. The SMILES string of the molecule is C=Cc1ccccc1CC(P)c1ccccc1C. The van der Waals surface area contributed by atoms with Crippen LogP contribution < -0.4 is 0 Å². The second-order valence-corrected chi connectivity index (χ2v) is 5.37. The molecule has 0 radical (unpaired) electrons. The molecule has 2 aromatic carbocycles. The molecule has 0 saturated carbocycles. The molecule has 0 aliphatic carbocycles. The van der Waals surface area contributed by atoms with Crippen LogP contribution in [0.3, 0.4) is 0 Å². The first kappa shape index (κ1) is 13.1. The van der Waals surface area contributed by atoms with E-state index < -0.39 is 0 Å². The average molecular weight is 254 g/mol. The van der Waals surface area contributed by atoms with Gasteiger partial charge in [-0.15, -0.1) is 9.24 Å². The molecule has 0 aromatic heterocycles. The van der Waals surface area contributed by atoms with Crippen molar-refractivity contribution < 1.29 is 0 Å². The summed E-state index contributed by atoms with van der Waals surface area (Å²) in [4.78, 5) is 0. The normalized spacial score (nSPS) is 12.1. The Morgan fingerprint density at radius 1 is 1.11 bits per heavy atom. The van der Waals surface area contributed by atoms with Crippen molar-refractivity contribution in [3.8, 4) is 0 Å². The zero-order chi connectivity index (χ0) is 13.0. The summed E-state index contributed by atoms with van der Waals surface area (Å²) in [5.41, 5.74) is 5.80. The van der Waals surface area contributed by atoms with Gasteiger partial charge in [0.2, 0.25) is 0 Å². The molecular formula is C17H19P. The summed E-state index contributed by atoms with van der Waals surface area (Å²) in [5, 5.41) is 0. The van der Waals surface area contributed by atoms with Crippen LogP contribution in [0.1, 0.15) is 27.9 Å². The summed E-state index contributed by atoms with van der Waals surface area (Å²) >= 11 is 0. The Morgan fingerprint density at radius 3 is 2.50 bits per heavy atom. The molecule has 92 valence electrons. The van der Waals surface area contributed by atoms with Crippen molar-refractivity contribution in [2.45, 2.75) is 19.0 Å². The number of hydrogen-bond donors (Lipinski definition) is 0. The van der Waals surface area contributed by atoms with Crippen LogP contribution in [0, 0.1) is 6.92 Å². The summed E-state index contributed by atoms with van der Waals surface area (Å²) in [5.74, 6) is 0. The lowest BCUT2D eigenvalue weighted by Gasteiger charge is -2.16. The van der Waals surface area contributed by atoms with Crippen LogP contribution in [0.25, 0.3) is 6.08 Å². The predicted molar refractivity (Wildman–Crippen MR) is 83.9 cm³/mol. The minimum absolute atomic E-state index is 0.451. The molecule has 2 atom stereocenters. The van der Waals surface area contributed by atoms with E-state index in [4.69, 9.17) is 0 Å². The summed E-state index contributed by atoms with van der Waals surface area (Å²) in [6.45, 7) is 6.05. The third-order valence-electron chi connectivity index (χ3n) is 3.30. The molecule has 2 rings (SSSR count). The molecule has 1 heteroatoms. The largest absolute Gasteiger partial charge is 0.129 e. The van der Waals surface area contributed by atoms with Gasteiger partial charge in [-0.3, -0.25) is 0 Å². The van der Waals surface area contributed by atoms with Gasteiger partial charge in [0, 0.05) is 5.66 Å². The summed E-state index contributed by atoms with van der Waals surface area (Å²) < 4.78 is 0. The van der Waals surface area contributed by atoms with Gasteiger partial charge in [0.15, 0.2) is 0 Å². The van der Waals surface area contributed by atoms with Gasteiger partial charge in [-0.2, -0.15) is 0 Å². The van der Waals surface area contributed by atoms with Crippen LogP contribution in [0.15, 0.2) is 55.1 Å². The van der Waals surface area contributed by atoms with E-state index in [9.17, 15) is 0 Å². The maximum absolute atomic E-state index is 3.88. The molecule has 0 saturated heterocycles. The summed E-state index contributed by atoms with van der Waals surface area (Å²) in [6.07, 6.45) is 2.96. The third-order valence-corrected chi connectivity index (χ3v) is 3.90. The van der Waals surface area contributed by atoms with Gasteiger partial charge in [-0.05, 0) is 35.6 Å². The molecule has 0 fully saturated rings. The maximum atomic E-state index is 3.88. The van der Waals surface area contributed by atoms with Crippen LogP contribution in [0.5, 0.6) is 0 Å². The Morgan fingerprint density at radius 2 is 1.78 bits per heavy atom. The van der Waals surface area contributed by atoms with Gasteiger partial charge < -0.3 is 0 Å². The zero-order valence-electron chi connectivity index (χ0n) is 10.8. The van der Waals surface area contributed by atoms with Crippen LogP contribution >= 0.6 is 9.24 Å². The smallest absolute Gasteiger partial charge is 0.00285 e. The molecule has 2 unspecified atom stereocenters. The first-order valence-electron chi connectivity index (χ1n) is 6.24. The predicted octanol–water partition coefficient (Wildman–Crippen LogP) is 4.80. The number of benzene rings is 2. The van der Waals surface area contributed by atoms with Crippen molar-refractivity contribution in [3.63, 3.8) is 0 Å². The summed E-state index contributed by atoms with van der Waals surface area (Å²) in [6, 6.07) is 17.1. The minimum Gasteiger partial charge on any atom is -0.129 e. The van der Waals surface area contributed by atoms with Gasteiger partial charge in [-0.1, -0.05) is 61.2 Å². The van der Waals surface area contributed by atoms with Gasteiger partial charge in [-0.25, -0.2) is 0 Å². The molecule has 0 amide bonds. The molecular weight excluding hydrogens is 235 g/mol. The molecule has 0 heterocycles. The average Bonchev–Trinajstić information content (AvgIpc) is 2.39. The van der Waals surface area contributed by atoms with E-state index in [0.29, 0.717) is 5.66 Å². The Labute approximate surface area is 112 Å². The fourth-order valence-electron chi connectivity index (χ4n) is 2.27. The Kier molecular flexibility index (Phi) is 4.33. The second kappa shape index (κ2) is 5.98. The molecule has 0 aliphatic rings. The highest BCUT2D eigenvalue weighted by molar-refractivity contribution is 7.17. The molecule has 0 N–H and O–H groups in total. The second-order valence-electron chi connectivity index (χ2n) is 4.57. The van der Waals surface area contributed by atoms with E-state index >= 15 is 0 Å². The summed E-state index contributed by atoms with van der Waals surface area (Å²) in [7, 11) is 2.96. The molecule has 2 aromatic rings. The van der Waals surface area contributed by atoms with Gasteiger partial charge in [0.25, 0.3) is 0 Å². The molecule has 0 aliphatic heterocycles. The Bertz CT molecular complexity index is 543. The number of rotatable bonds is 4. The number of aryl methyl sites for hydroxylation is 1. The molecule has 0 bridgehead atoms. The first-order valence-corrected chi connectivity index (χ1v) is 6.90. The van der Waals surface area contributed by atoms with Crippen molar-refractivity contribution in [2.24, 2.45) is 0 Å². The van der Waals surface area contributed by atoms with Gasteiger partial charge >= 0.3 is 0 Å². The van der Waals surface area contributed by atoms with E-state index in [1.54, 1.807) is 0 Å². The molecule has 18 heavy (non-hydrogen) atoms. The van der Waals surface area contributed by atoms with Crippen LogP contribution in [0.2, 0.25) is 0 Å². The Hall–Kier alpha value is -1.39. The van der Waals surface area contributed by atoms with E-state index in [0.717, 1.165) is 6.42 Å². The highest BCUT2D eigenvalue weighted by Gasteiger charge is 2.10. The topological polar surface area (TPSA) is 0 Å². The van der Waals surface area contributed by atoms with E-state index in [1.165, 1.54) is 22.3 Å². The lowest BCUT2D eigenvalue weighted by molar-refractivity contribution is 0.921. The van der Waals surface area contributed by atoms with Crippen LogP contribution in [-0.4, -0.2) is 0 Å². The highest BCUT2D eigenvalue weighted by atomic mass is 31.0. The van der Waals surface area contributed by atoms with Crippen molar-refractivity contribution in [3.05, 3.63) is 77.4 Å². The lowest BCUT2D eigenvalue weighted by atomic mass is 9.97. The van der Waals surface area contributed by atoms with Crippen molar-refractivity contribution in [2.75, 3.05) is 0 Å². The van der Waals surface area contributed by atoms with Crippen molar-refractivity contribution >= 4 is 15.3 Å². The fraction of sp³-hybridized carbons (Fsp3) is 0.176. The Balaban J connectivity index is 2.24. The maximum Gasteiger partial charge on any atom is 0.00285 e. The fourth-order valence-corrected chi connectivity index (χ4v) is 2.90. The van der Waals surface area contributed by atoms with Crippen molar-refractivity contribution in [1.29, 1.82) is 0 Å². The van der Waals surface area contributed by atoms with Crippen LogP contribution in [0.4, 0.5) is 0 Å². The van der Waals surface area contributed by atoms with E-state index in [-0.39, 0.29) is 0 Å². The van der Waals surface area contributed by atoms with Gasteiger partial charge in [0.05, 0.1) is 0 Å². The molecule has 0 spiro atoms. The zero-order valence-corrected chi connectivity index (χ0v) is 11.9. The third kappa shape index (κ3) is 2.89. The molecule has 0 nitrogen and oxygen atoms in total. The number of hydrogen-bond acceptors (Lipinski definition) is 0. The van der Waals surface area contributed by atoms with Crippen LogP contribution in [-0.2, 0) is 6.42 Å². The standard InChI is InChI=1S/C17H19P/c1-3-14-9-5-6-10-15(14)12-17(18)16-11-7-4-8-13(16)2/h3-11,17H,1,12,18H2,2H3. The van der Waals surface area contributed by atoms with E-state index in [2.05, 4.69) is 71.3 Å². The quantitative estimate of drug-likeness (QED) is 0.688. The monoisotopic (exact) mass is 254 g/mol. The minimum atomic E-state index is 0.451. The lowest BCUT2D eigenvalue weighted by Crippen LogP contribution is -1.99.